The fourth-order valence-electron chi connectivity index (χ4n) is 1.59. The molecule has 3 N–H and O–H groups in total. The molecule has 0 aliphatic heterocycles. The first-order valence-corrected chi connectivity index (χ1v) is 5.60. The summed E-state index contributed by atoms with van der Waals surface area (Å²) in [5, 5.41) is 2.48. The molecule has 2 rings (SSSR count). The van der Waals surface area contributed by atoms with Crippen molar-refractivity contribution in [2.24, 2.45) is 0 Å². The van der Waals surface area contributed by atoms with Crippen molar-refractivity contribution in [3.05, 3.63) is 53.8 Å². The fourth-order valence-corrected chi connectivity index (χ4v) is 1.59. The van der Waals surface area contributed by atoms with Gasteiger partial charge >= 0.3 is 0 Å². The minimum absolute atomic E-state index is 0.0852. The maximum Gasteiger partial charge on any atom is 0.255 e. The number of nitrogens with one attached hydrogen (secondary N) is 1. The molecule has 98 valence electrons. The highest BCUT2D eigenvalue weighted by molar-refractivity contribution is 6.04. The maximum absolute atomic E-state index is 13.6. The third-order valence-electron chi connectivity index (χ3n) is 2.57. The summed E-state index contributed by atoms with van der Waals surface area (Å²) in [4.78, 5) is 12.0. The van der Waals surface area contributed by atoms with Gasteiger partial charge in [0, 0.05) is 11.3 Å². The molecule has 0 spiro atoms. The first kappa shape index (κ1) is 12.9. The van der Waals surface area contributed by atoms with E-state index in [2.05, 4.69) is 5.32 Å². The predicted octanol–water partition coefficient (Wildman–Crippen LogP) is 2.67. The molecule has 0 saturated carbocycles. The topological polar surface area (TPSA) is 64.3 Å². The summed E-state index contributed by atoms with van der Waals surface area (Å²) in [6.45, 7) is 0. The van der Waals surface area contributed by atoms with Crippen LogP contribution in [0.5, 0.6) is 5.75 Å². The van der Waals surface area contributed by atoms with Gasteiger partial charge in [-0.3, -0.25) is 4.79 Å². The van der Waals surface area contributed by atoms with Crippen molar-refractivity contribution >= 4 is 17.3 Å². The summed E-state index contributed by atoms with van der Waals surface area (Å²) in [6.07, 6.45) is 0. The maximum atomic E-state index is 13.6. The van der Waals surface area contributed by atoms with Crippen LogP contribution < -0.4 is 15.8 Å². The molecule has 2 aromatic rings. The van der Waals surface area contributed by atoms with Gasteiger partial charge in [0.15, 0.2) is 0 Å². The number of carbonyl (C=O) groups excluding carboxylic acids is 1. The van der Waals surface area contributed by atoms with Gasteiger partial charge in [0.25, 0.3) is 5.91 Å². The molecule has 0 bridgehead atoms. The molecule has 19 heavy (non-hydrogen) atoms. The van der Waals surface area contributed by atoms with Crippen molar-refractivity contribution < 1.29 is 13.9 Å². The number of hydrogen-bond donors (Lipinski definition) is 2. The monoisotopic (exact) mass is 260 g/mol. The zero-order valence-corrected chi connectivity index (χ0v) is 10.3. The smallest absolute Gasteiger partial charge is 0.255 e. The third kappa shape index (κ3) is 3.01. The van der Waals surface area contributed by atoms with E-state index < -0.39 is 11.7 Å². The van der Waals surface area contributed by atoms with E-state index in [-0.39, 0.29) is 5.69 Å². The van der Waals surface area contributed by atoms with Crippen LogP contribution in [0.2, 0.25) is 0 Å². The average Bonchev–Trinajstić information content (AvgIpc) is 2.42. The highest BCUT2D eigenvalue weighted by Crippen LogP contribution is 2.19. The first-order chi connectivity index (χ1) is 9.10. The Morgan fingerprint density at radius 2 is 2.05 bits per heavy atom. The summed E-state index contributed by atoms with van der Waals surface area (Å²) < 4.78 is 18.6. The number of nitrogens with two attached hydrogens (primary N) is 1. The molecule has 0 fully saturated rings. The van der Waals surface area contributed by atoms with Crippen LogP contribution in [-0.2, 0) is 0 Å². The fraction of sp³-hybridized carbons (Fsp3) is 0.0714. The average molecular weight is 260 g/mol. The summed E-state index contributed by atoms with van der Waals surface area (Å²) in [5.41, 5.74) is 6.21. The van der Waals surface area contributed by atoms with Crippen LogP contribution in [0.3, 0.4) is 0 Å². The number of hydrogen-bond acceptors (Lipinski definition) is 3. The number of nitrogen functional groups attached to an aromatic ring is 1. The molecule has 0 unspecified atom stereocenters. The van der Waals surface area contributed by atoms with Crippen molar-refractivity contribution in [1.29, 1.82) is 0 Å². The summed E-state index contributed by atoms with van der Waals surface area (Å²) in [7, 11) is 1.51. The Morgan fingerprint density at radius 3 is 2.74 bits per heavy atom. The SMILES string of the molecule is COc1cccc(C(=O)Nc2ccc(N)cc2F)c1. The lowest BCUT2D eigenvalue weighted by molar-refractivity contribution is 0.102. The number of benzene rings is 2. The van der Waals surface area contributed by atoms with Gasteiger partial charge < -0.3 is 15.8 Å². The summed E-state index contributed by atoms with van der Waals surface area (Å²) >= 11 is 0. The Bertz CT molecular complexity index is 614. The molecule has 0 aromatic heterocycles. The number of amides is 1. The molecule has 0 saturated heterocycles. The standard InChI is InChI=1S/C14H13FN2O2/c1-19-11-4-2-3-9(7-11)14(18)17-13-6-5-10(16)8-12(13)15/h2-8H,16H2,1H3,(H,17,18). The normalized spacial score (nSPS) is 10.0. The first-order valence-electron chi connectivity index (χ1n) is 5.60. The summed E-state index contributed by atoms with van der Waals surface area (Å²) in [6, 6.07) is 10.7. The van der Waals surface area contributed by atoms with E-state index in [9.17, 15) is 9.18 Å². The lowest BCUT2D eigenvalue weighted by Gasteiger charge is -2.08. The molecule has 1 amide bonds. The van der Waals surface area contributed by atoms with Gasteiger partial charge in [-0.2, -0.15) is 0 Å². The number of anilines is 2. The van der Waals surface area contributed by atoms with E-state index in [0.717, 1.165) is 6.07 Å². The van der Waals surface area contributed by atoms with Gasteiger partial charge in [-0.15, -0.1) is 0 Å². The van der Waals surface area contributed by atoms with Crippen LogP contribution in [0.4, 0.5) is 15.8 Å². The molecule has 0 radical (unpaired) electrons. The number of ether oxygens (including phenoxy) is 1. The molecule has 0 aliphatic carbocycles. The highest BCUT2D eigenvalue weighted by Gasteiger charge is 2.10. The second kappa shape index (κ2) is 5.39. The Hall–Kier alpha value is -2.56. The van der Waals surface area contributed by atoms with Crippen molar-refractivity contribution in [3.8, 4) is 5.75 Å². The van der Waals surface area contributed by atoms with Crippen LogP contribution >= 0.6 is 0 Å². The van der Waals surface area contributed by atoms with Gasteiger partial charge in [-0.1, -0.05) is 6.07 Å². The third-order valence-corrected chi connectivity index (χ3v) is 2.57. The Balaban J connectivity index is 2.20. The molecular weight excluding hydrogens is 247 g/mol. The largest absolute Gasteiger partial charge is 0.497 e. The Labute approximate surface area is 110 Å². The Kier molecular flexibility index (Phi) is 3.66. The minimum atomic E-state index is -0.573. The van der Waals surface area contributed by atoms with Crippen LogP contribution in [0.25, 0.3) is 0 Å². The summed E-state index contributed by atoms with van der Waals surface area (Å²) in [5.74, 6) is -0.427. The van der Waals surface area contributed by atoms with E-state index in [4.69, 9.17) is 10.5 Å². The predicted molar refractivity (Wildman–Crippen MR) is 71.8 cm³/mol. The van der Waals surface area contributed by atoms with Gasteiger partial charge in [0.1, 0.15) is 11.6 Å². The molecule has 5 heteroatoms. The minimum Gasteiger partial charge on any atom is -0.497 e. The number of halogens is 1. The zero-order chi connectivity index (χ0) is 13.8. The van der Waals surface area contributed by atoms with Crippen molar-refractivity contribution in [2.45, 2.75) is 0 Å². The van der Waals surface area contributed by atoms with E-state index in [1.54, 1.807) is 24.3 Å². The second-order valence-corrected chi connectivity index (χ2v) is 3.93. The number of carbonyl (C=O) groups is 1. The van der Waals surface area contributed by atoms with E-state index in [0.29, 0.717) is 17.0 Å². The van der Waals surface area contributed by atoms with Gasteiger partial charge in [0.05, 0.1) is 12.8 Å². The van der Waals surface area contributed by atoms with E-state index >= 15 is 0 Å². The number of methoxy groups -OCH3 is 1. The van der Waals surface area contributed by atoms with Crippen molar-refractivity contribution in [3.63, 3.8) is 0 Å². The van der Waals surface area contributed by atoms with Crippen LogP contribution in [0.1, 0.15) is 10.4 Å². The van der Waals surface area contributed by atoms with Gasteiger partial charge in [0.2, 0.25) is 0 Å². The molecule has 0 atom stereocenters. The van der Waals surface area contributed by atoms with E-state index in [1.165, 1.54) is 19.2 Å². The molecule has 0 heterocycles. The van der Waals surface area contributed by atoms with Gasteiger partial charge in [-0.25, -0.2) is 4.39 Å². The molecule has 2 aromatic carbocycles. The molecular formula is C14H13FN2O2. The quantitative estimate of drug-likeness (QED) is 0.834. The lowest BCUT2D eigenvalue weighted by Crippen LogP contribution is -2.13. The Morgan fingerprint density at radius 1 is 1.26 bits per heavy atom. The lowest BCUT2D eigenvalue weighted by atomic mass is 10.2. The van der Waals surface area contributed by atoms with E-state index in [1.807, 2.05) is 0 Å². The van der Waals surface area contributed by atoms with Crippen molar-refractivity contribution in [1.82, 2.24) is 0 Å². The van der Waals surface area contributed by atoms with Crippen molar-refractivity contribution in [2.75, 3.05) is 18.2 Å². The van der Waals surface area contributed by atoms with Crippen LogP contribution in [0, 0.1) is 5.82 Å². The highest BCUT2D eigenvalue weighted by atomic mass is 19.1. The molecule has 4 nitrogen and oxygen atoms in total. The number of rotatable bonds is 3. The zero-order valence-electron chi connectivity index (χ0n) is 10.3. The van der Waals surface area contributed by atoms with Crippen LogP contribution in [0.15, 0.2) is 42.5 Å². The second-order valence-electron chi connectivity index (χ2n) is 3.93. The van der Waals surface area contributed by atoms with Gasteiger partial charge in [-0.05, 0) is 36.4 Å². The molecule has 0 aliphatic rings. The van der Waals surface area contributed by atoms with Crippen LogP contribution in [-0.4, -0.2) is 13.0 Å².